The fourth-order valence-electron chi connectivity index (χ4n) is 1.69. The third-order valence-corrected chi connectivity index (χ3v) is 2.74. The van der Waals surface area contributed by atoms with Gasteiger partial charge in [0.15, 0.2) is 17.5 Å². The van der Waals surface area contributed by atoms with Crippen molar-refractivity contribution in [1.82, 2.24) is 5.32 Å². The molecule has 6 nitrogen and oxygen atoms in total. The Bertz CT molecular complexity index is 461. The first-order valence-electron chi connectivity index (χ1n) is 6.93. The van der Waals surface area contributed by atoms with E-state index in [1.165, 1.54) is 0 Å². The molecule has 0 aromatic heterocycles. The van der Waals surface area contributed by atoms with Crippen molar-refractivity contribution >= 4 is 5.96 Å². The van der Waals surface area contributed by atoms with Gasteiger partial charge >= 0.3 is 0 Å². The Kier molecular flexibility index (Phi) is 7.39. The molecule has 6 heteroatoms. The van der Waals surface area contributed by atoms with Crippen LogP contribution < -0.4 is 20.5 Å². The summed E-state index contributed by atoms with van der Waals surface area (Å²) in [5, 5.41) is 3.01. The Hall–Kier alpha value is -1.95. The van der Waals surface area contributed by atoms with Crippen molar-refractivity contribution in [2.24, 2.45) is 10.7 Å². The Labute approximate surface area is 126 Å². The number of methoxy groups -OCH3 is 2. The summed E-state index contributed by atoms with van der Waals surface area (Å²) in [6, 6.07) is 5.67. The molecule has 0 aliphatic heterocycles. The van der Waals surface area contributed by atoms with Crippen LogP contribution in [0.2, 0.25) is 0 Å². The summed E-state index contributed by atoms with van der Waals surface area (Å²) in [5.74, 6) is 1.78. The van der Waals surface area contributed by atoms with E-state index in [2.05, 4.69) is 10.3 Å². The zero-order valence-corrected chi connectivity index (χ0v) is 13.2. The fourth-order valence-corrected chi connectivity index (χ4v) is 1.69. The molecule has 1 rings (SSSR count). The third kappa shape index (κ3) is 6.35. The molecule has 0 bridgehead atoms. The maximum atomic E-state index is 5.79. The van der Waals surface area contributed by atoms with E-state index in [4.69, 9.17) is 19.9 Å². The second kappa shape index (κ2) is 9.07. The molecule has 21 heavy (non-hydrogen) atoms. The van der Waals surface area contributed by atoms with Crippen molar-refractivity contribution in [1.29, 1.82) is 0 Å². The number of aliphatic imine (C=N–C) groups is 1. The summed E-state index contributed by atoms with van der Waals surface area (Å²) in [6.07, 6.45) is 0.219. The highest BCUT2D eigenvalue weighted by Gasteiger charge is 2.04. The smallest absolute Gasteiger partial charge is 0.188 e. The molecule has 0 amide bonds. The summed E-state index contributed by atoms with van der Waals surface area (Å²) in [6.45, 7) is 5.71. The Morgan fingerprint density at radius 3 is 2.57 bits per heavy atom. The molecule has 1 aromatic carbocycles. The molecule has 0 fully saturated rings. The van der Waals surface area contributed by atoms with Gasteiger partial charge in [0.1, 0.15) is 0 Å². The molecule has 1 aromatic rings. The van der Waals surface area contributed by atoms with Crippen molar-refractivity contribution in [3.05, 3.63) is 23.8 Å². The van der Waals surface area contributed by atoms with Crippen LogP contribution in [-0.2, 0) is 11.3 Å². The van der Waals surface area contributed by atoms with Gasteiger partial charge in [-0.1, -0.05) is 6.07 Å². The Morgan fingerprint density at radius 1 is 1.24 bits per heavy atom. The van der Waals surface area contributed by atoms with Crippen molar-refractivity contribution < 1.29 is 14.2 Å². The summed E-state index contributed by atoms with van der Waals surface area (Å²) in [5.41, 5.74) is 6.79. The molecule has 0 saturated carbocycles. The van der Waals surface area contributed by atoms with E-state index in [0.717, 1.165) is 5.56 Å². The van der Waals surface area contributed by atoms with Crippen LogP contribution in [0.25, 0.3) is 0 Å². The standard InChI is InChI=1S/C15H25N3O3/c1-11(2)21-8-7-17-15(16)18-10-12-5-6-13(19-3)14(9-12)20-4/h5-6,9,11H,7-8,10H2,1-4H3,(H3,16,17,18). The van der Waals surface area contributed by atoms with E-state index in [-0.39, 0.29) is 6.10 Å². The number of nitrogens with two attached hydrogens (primary N) is 1. The molecule has 3 N–H and O–H groups in total. The lowest BCUT2D eigenvalue weighted by molar-refractivity contribution is 0.0830. The van der Waals surface area contributed by atoms with Crippen molar-refractivity contribution in [2.45, 2.75) is 26.5 Å². The summed E-state index contributed by atoms with van der Waals surface area (Å²) in [4.78, 5) is 4.27. The molecular formula is C15H25N3O3. The minimum Gasteiger partial charge on any atom is -0.493 e. The summed E-state index contributed by atoms with van der Waals surface area (Å²) < 4.78 is 15.8. The molecule has 118 valence electrons. The van der Waals surface area contributed by atoms with Gasteiger partial charge in [0.05, 0.1) is 33.5 Å². The number of benzene rings is 1. The topological polar surface area (TPSA) is 78.1 Å². The number of nitrogens with one attached hydrogen (secondary N) is 1. The van der Waals surface area contributed by atoms with Gasteiger partial charge in [-0.25, -0.2) is 4.99 Å². The van der Waals surface area contributed by atoms with Gasteiger partial charge in [-0.2, -0.15) is 0 Å². The Morgan fingerprint density at radius 2 is 1.95 bits per heavy atom. The molecular weight excluding hydrogens is 270 g/mol. The normalized spacial score (nSPS) is 11.6. The molecule has 0 heterocycles. The number of hydrogen-bond donors (Lipinski definition) is 2. The average molecular weight is 295 g/mol. The molecule has 0 saturated heterocycles. The van der Waals surface area contributed by atoms with Gasteiger partial charge in [-0.05, 0) is 31.5 Å². The van der Waals surface area contributed by atoms with Crippen molar-refractivity contribution in [3.8, 4) is 11.5 Å². The molecule has 0 radical (unpaired) electrons. The largest absolute Gasteiger partial charge is 0.493 e. The average Bonchev–Trinajstić information content (AvgIpc) is 2.48. The van der Waals surface area contributed by atoms with E-state index in [0.29, 0.717) is 37.2 Å². The van der Waals surface area contributed by atoms with E-state index in [9.17, 15) is 0 Å². The van der Waals surface area contributed by atoms with E-state index in [1.807, 2.05) is 32.0 Å². The predicted molar refractivity (Wildman–Crippen MR) is 84.0 cm³/mol. The van der Waals surface area contributed by atoms with Gasteiger partial charge in [0, 0.05) is 6.54 Å². The lowest BCUT2D eigenvalue weighted by Gasteiger charge is -2.10. The van der Waals surface area contributed by atoms with Gasteiger partial charge in [0.25, 0.3) is 0 Å². The van der Waals surface area contributed by atoms with E-state index < -0.39 is 0 Å². The van der Waals surface area contributed by atoms with Crippen molar-refractivity contribution in [3.63, 3.8) is 0 Å². The number of nitrogens with zero attached hydrogens (tertiary/aromatic N) is 1. The number of hydrogen-bond acceptors (Lipinski definition) is 4. The van der Waals surface area contributed by atoms with Gasteiger partial charge in [-0.3, -0.25) is 0 Å². The third-order valence-electron chi connectivity index (χ3n) is 2.74. The minimum absolute atomic E-state index is 0.219. The maximum Gasteiger partial charge on any atom is 0.188 e. The first kappa shape index (κ1) is 17.1. The van der Waals surface area contributed by atoms with Crippen LogP contribution in [0, 0.1) is 0 Å². The zero-order chi connectivity index (χ0) is 15.7. The first-order valence-corrected chi connectivity index (χ1v) is 6.93. The second-order valence-electron chi connectivity index (χ2n) is 4.74. The van der Waals surface area contributed by atoms with Crippen LogP contribution in [0.5, 0.6) is 11.5 Å². The van der Waals surface area contributed by atoms with Crippen LogP contribution >= 0.6 is 0 Å². The Balaban J connectivity index is 2.47. The monoisotopic (exact) mass is 295 g/mol. The second-order valence-corrected chi connectivity index (χ2v) is 4.74. The summed E-state index contributed by atoms with van der Waals surface area (Å²) >= 11 is 0. The highest BCUT2D eigenvalue weighted by atomic mass is 16.5. The molecule has 0 unspecified atom stereocenters. The van der Waals surface area contributed by atoms with Gasteiger partial charge in [0.2, 0.25) is 0 Å². The molecule has 0 atom stereocenters. The van der Waals surface area contributed by atoms with Crippen LogP contribution in [0.15, 0.2) is 23.2 Å². The van der Waals surface area contributed by atoms with E-state index in [1.54, 1.807) is 14.2 Å². The fraction of sp³-hybridized carbons (Fsp3) is 0.533. The van der Waals surface area contributed by atoms with Crippen LogP contribution in [0.1, 0.15) is 19.4 Å². The van der Waals surface area contributed by atoms with Gasteiger partial charge in [-0.15, -0.1) is 0 Å². The maximum absolute atomic E-state index is 5.79. The summed E-state index contributed by atoms with van der Waals surface area (Å²) in [7, 11) is 3.21. The quantitative estimate of drug-likeness (QED) is 0.432. The highest BCUT2D eigenvalue weighted by molar-refractivity contribution is 5.77. The SMILES string of the molecule is COc1ccc(CN=C(N)NCCOC(C)C)cc1OC. The van der Waals surface area contributed by atoms with Crippen LogP contribution in [0.4, 0.5) is 0 Å². The van der Waals surface area contributed by atoms with Crippen LogP contribution in [-0.4, -0.2) is 39.4 Å². The zero-order valence-electron chi connectivity index (χ0n) is 13.2. The molecule has 0 aliphatic carbocycles. The van der Waals surface area contributed by atoms with Crippen molar-refractivity contribution in [2.75, 3.05) is 27.4 Å². The highest BCUT2D eigenvalue weighted by Crippen LogP contribution is 2.27. The van der Waals surface area contributed by atoms with E-state index >= 15 is 0 Å². The number of rotatable bonds is 8. The lowest BCUT2D eigenvalue weighted by Crippen LogP contribution is -2.34. The first-order chi connectivity index (χ1) is 10.1. The molecule has 0 spiro atoms. The number of ether oxygens (including phenoxy) is 3. The number of guanidine groups is 1. The van der Waals surface area contributed by atoms with Gasteiger partial charge < -0.3 is 25.3 Å². The molecule has 0 aliphatic rings. The predicted octanol–water partition coefficient (Wildman–Crippen LogP) is 1.53. The lowest BCUT2D eigenvalue weighted by atomic mass is 10.2. The minimum atomic E-state index is 0.219. The van der Waals surface area contributed by atoms with Crippen LogP contribution in [0.3, 0.4) is 0 Å².